The van der Waals surface area contributed by atoms with E-state index in [1.165, 1.54) is 0 Å². The zero-order valence-electron chi connectivity index (χ0n) is 34.1. The van der Waals surface area contributed by atoms with Gasteiger partial charge in [0, 0.05) is 19.3 Å². The molecule has 2 unspecified atom stereocenters. The van der Waals surface area contributed by atoms with Gasteiger partial charge in [0.05, 0.1) is 34.4 Å². The first-order valence-electron chi connectivity index (χ1n) is 20.0. The quantitative estimate of drug-likeness (QED) is 0.0234. The minimum Gasteiger partial charge on any atom is -0.477 e. The van der Waals surface area contributed by atoms with Crippen molar-refractivity contribution in [2.75, 3.05) is 41.0 Å². The first-order chi connectivity index (χ1) is 26.1. The van der Waals surface area contributed by atoms with Crippen molar-refractivity contribution < 1.29 is 38.2 Å². The molecule has 54 heavy (non-hydrogen) atoms. The van der Waals surface area contributed by atoms with Gasteiger partial charge in [0.1, 0.15) is 6.61 Å². The van der Waals surface area contributed by atoms with Crippen LogP contribution in [0.2, 0.25) is 0 Å². The zero-order chi connectivity index (χ0) is 40.0. The molecule has 0 heterocycles. The summed E-state index contributed by atoms with van der Waals surface area (Å²) in [5, 5.41) is 9.59. The molecule has 2 atom stereocenters. The van der Waals surface area contributed by atoms with Gasteiger partial charge >= 0.3 is 17.9 Å². The molecule has 0 radical (unpaired) electrons. The Labute approximate surface area is 328 Å². The predicted molar refractivity (Wildman–Crippen MR) is 224 cm³/mol. The van der Waals surface area contributed by atoms with Gasteiger partial charge < -0.3 is 23.8 Å². The van der Waals surface area contributed by atoms with Crippen LogP contribution in [0.5, 0.6) is 0 Å². The first-order valence-corrected chi connectivity index (χ1v) is 20.0. The van der Waals surface area contributed by atoms with Crippen molar-refractivity contribution in [1.82, 2.24) is 0 Å². The maximum absolute atomic E-state index is 12.7. The van der Waals surface area contributed by atoms with E-state index >= 15 is 0 Å². The van der Waals surface area contributed by atoms with Gasteiger partial charge in [-0.3, -0.25) is 9.59 Å². The topological polar surface area (TPSA) is 99.1 Å². The third kappa shape index (κ3) is 33.8. The summed E-state index contributed by atoms with van der Waals surface area (Å²) in [5.41, 5.74) is 0. The van der Waals surface area contributed by atoms with Gasteiger partial charge in [-0.05, 0) is 70.6 Å². The fourth-order valence-corrected chi connectivity index (χ4v) is 4.96. The van der Waals surface area contributed by atoms with Crippen LogP contribution in [-0.2, 0) is 28.6 Å². The Balaban J connectivity index is 4.60. The molecule has 0 aliphatic rings. The predicted octanol–water partition coefficient (Wildman–Crippen LogP) is 10.5. The van der Waals surface area contributed by atoms with Crippen LogP contribution in [0.4, 0.5) is 0 Å². The number of likely N-dealkylation sites (N-methyl/N-ethyl adjacent to an activating group) is 1. The first kappa shape index (κ1) is 50.0. The molecule has 0 aromatic heterocycles. The largest absolute Gasteiger partial charge is 0.477 e. The Bertz CT molecular complexity index is 1240. The smallest absolute Gasteiger partial charge is 0.362 e. The normalized spacial score (nSPS) is 14.2. The summed E-state index contributed by atoms with van der Waals surface area (Å²) in [6, 6.07) is -0.637. The van der Waals surface area contributed by atoms with Crippen molar-refractivity contribution >= 4 is 17.9 Å². The molecule has 0 spiro atoms. The molecular weight excluding hydrogens is 679 g/mol. The molecular formula is C46H72NO7+. The number of hydrogen-bond donors (Lipinski definition) is 1. The Morgan fingerprint density at radius 1 is 0.574 bits per heavy atom. The molecule has 0 bridgehead atoms. The highest BCUT2D eigenvalue weighted by Gasteiger charge is 2.31. The monoisotopic (exact) mass is 751 g/mol. The van der Waals surface area contributed by atoms with E-state index in [1.54, 1.807) is 0 Å². The molecule has 0 rings (SSSR count). The average Bonchev–Trinajstić information content (AvgIpc) is 3.12. The minimum absolute atomic E-state index is 0.0171. The van der Waals surface area contributed by atoms with E-state index < -0.39 is 18.1 Å². The number of aliphatic carboxylic acids is 1. The number of quaternary nitrogens is 1. The Hall–Kier alpha value is -4.01. The molecule has 0 saturated carbocycles. The van der Waals surface area contributed by atoms with Gasteiger partial charge in [-0.1, -0.05) is 130 Å². The van der Waals surface area contributed by atoms with Crippen LogP contribution in [0, 0.1) is 0 Å². The lowest BCUT2D eigenvalue weighted by Gasteiger charge is -2.31. The van der Waals surface area contributed by atoms with Crippen molar-refractivity contribution in [2.24, 2.45) is 0 Å². The lowest BCUT2D eigenvalue weighted by Crippen LogP contribution is -2.50. The van der Waals surface area contributed by atoms with Crippen LogP contribution in [0.25, 0.3) is 0 Å². The summed E-state index contributed by atoms with van der Waals surface area (Å²) < 4.78 is 17.1. The average molecular weight is 751 g/mol. The Morgan fingerprint density at radius 3 is 1.67 bits per heavy atom. The number of carbonyl (C=O) groups is 3. The highest BCUT2D eigenvalue weighted by Crippen LogP contribution is 2.11. The fraction of sp³-hybridized carbons (Fsp3) is 0.543. The van der Waals surface area contributed by atoms with Crippen molar-refractivity contribution in [3.63, 3.8) is 0 Å². The SMILES string of the molecule is CC/C=C/C=C/C=C/C=C/CCCCCC(=O)OCC(COCCC(C(=O)O)[N+](C)(C)C)OC(=O)CCC/C=C/C/C=C/C/C=C/C/C=C/C/C=C/CC. The lowest BCUT2D eigenvalue weighted by molar-refractivity contribution is -0.887. The molecule has 0 saturated heterocycles. The second-order valence-electron chi connectivity index (χ2n) is 13.9. The molecule has 8 heteroatoms. The summed E-state index contributed by atoms with van der Waals surface area (Å²) in [7, 11) is 5.47. The molecule has 8 nitrogen and oxygen atoms in total. The molecule has 0 aromatic carbocycles. The van der Waals surface area contributed by atoms with Crippen molar-refractivity contribution in [2.45, 2.75) is 122 Å². The molecule has 1 N–H and O–H groups in total. The van der Waals surface area contributed by atoms with Gasteiger partial charge in [0.15, 0.2) is 12.1 Å². The minimum atomic E-state index is -0.896. The number of nitrogens with zero attached hydrogens (tertiary/aromatic N) is 1. The fourth-order valence-electron chi connectivity index (χ4n) is 4.96. The zero-order valence-corrected chi connectivity index (χ0v) is 34.1. The number of allylic oxidation sites excluding steroid dienone is 18. The van der Waals surface area contributed by atoms with Gasteiger partial charge in [0.25, 0.3) is 0 Å². The third-order valence-electron chi connectivity index (χ3n) is 8.01. The number of ether oxygens (including phenoxy) is 3. The number of carbonyl (C=O) groups excluding carboxylic acids is 2. The summed E-state index contributed by atoms with van der Waals surface area (Å²) in [5.74, 6) is -1.62. The highest BCUT2D eigenvalue weighted by atomic mass is 16.6. The van der Waals surface area contributed by atoms with E-state index in [2.05, 4.69) is 86.8 Å². The number of hydrogen-bond acceptors (Lipinski definition) is 6. The summed E-state index contributed by atoms with van der Waals surface area (Å²) in [6.45, 7) is 4.33. The molecule has 0 aromatic rings. The second-order valence-corrected chi connectivity index (χ2v) is 13.9. The molecule has 302 valence electrons. The van der Waals surface area contributed by atoms with Gasteiger partial charge in [-0.2, -0.15) is 0 Å². The van der Waals surface area contributed by atoms with Crippen LogP contribution in [0.15, 0.2) is 109 Å². The standard InChI is InChI=1S/C46H71NO7/c1-6-8-10-12-14-16-18-20-21-22-23-25-27-29-31-33-35-37-45(49)54-42(40-52-39-38-43(46(50)51)47(3,4)5)41-53-44(48)36-34-32-30-28-26-24-19-17-15-13-11-9-7-2/h8-11,13-17,19-21,23-26,29,31,42-43H,6-7,12,18,22,27-28,30,32-41H2,1-5H3/p+1/b10-8+,11-9+,15-13+,16-14+,19-17+,21-20+,25-23+,26-24+,31-29+. The van der Waals surface area contributed by atoms with E-state index in [1.807, 2.05) is 57.6 Å². The van der Waals surface area contributed by atoms with Crippen LogP contribution < -0.4 is 0 Å². The number of carboxylic acid groups (broad SMARTS) is 1. The molecule has 0 aliphatic heterocycles. The Kier molecular flexibility index (Phi) is 33.3. The Morgan fingerprint density at radius 2 is 1.09 bits per heavy atom. The van der Waals surface area contributed by atoms with Crippen molar-refractivity contribution in [3.8, 4) is 0 Å². The molecule has 0 aliphatic carbocycles. The van der Waals surface area contributed by atoms with E-state index in [4.69, 9.17) is 14.2 Å². The molecule has 0 amide bonds. The summed E-state index contributed by atoms with van der Waals surface area (Å²) in [6.07, 6.45) is 48.6. The van der Waals surface area contributed by atoms with Gasteiger partial charge in [0.2, 0.25) is 0 Å². The number of carboxylic acids is 1. The van der Waals surface area contributed by atoms with Crippen molar-refractivity contribution in [3.05, 3.63) is 109 Å². The van der Waals surface area contributed by atoms with Crippen LogP contribution in [0.1, 0.15) is 110 Å². The van der Waals surface area contributed by atoms with Crippen LogP contribution in [-0.4, -0.2) is 80.6 Å². The maximum Gasteiger partial charge on any atom is 0.362 e. The summed E-state index contributed by atoms with van der Waals surface area (Å²) >= 11 is 0. The van der Waals surface area contributed by atoms with E-state index in [0.29, 0.717) is 19.3 Å². The number of rotatable bonds is 33. The third-order valence-corrected chi connectivity index (χ3v) is 8.01. The summed E-state index contributed by atoms with van der Waals surface area (Å²) in [4.78, 5) is 36.8. The van der Waals surface area contributed by atoms with Crippen LogP contribution in [0.3, 0.4) is 0 Å². The lowest BCUT2D eigenvalue weighted by atomic mass is 10.1. The van der Waals surface area contributed by atoms with E-state index in [9.17, 15) is 19.5 Å². The van der Waals surface area contributed by atoms with Crippen molar-refractivity contribution in [1.29, 1.82) is 0 Å². The molecule has 0 fully saturated rings. The van der Waals surface area contributed by atoms with E-state index in [0.717, 1.165) is 64.2 Å². The second kappa shape index (κ2) is 36.0. The van der Waals surface area contributed by atoms with Gasteiger partial charge in [-0.15, -0.1) is 0 Å². The number of esters is 2. The highest BCUT2D eigenvalue weighted by molar-refractivity contribution is 5.72. The van der Waals surface area contributed by atoms with Crippen LogP contribution >= 0.6 is 0 Å². The van der Waals surface area contributed by atoms with E-state index in [-0.39, 0.29) is 49.1 Å². The number of unbranched alkanes of at least 4 members (excludes halogenated alkanes) is 4. The van der Waals surface area contributed by atoms with Gasteiger partial charge in [-0.25, -0.2) is 4.79 Å². The maximum atomic E-state index is 12.7.